The van der Waals surface area contributed by atoms with Crippen molar-refractivity contribution in [2.75, 3.05) is 0 Å². The number of carbonyl (C=O) groups excluding carboxylic acids is 1. The lowest BCUT2D eigenvalue weighted by Crippen LogP contribution is -2.59. The highest BCUT2D eigenvalue weighted by molar-refractivity contribution is 7.22. The van der Waals surface area contributed by atoms with Crippen molar-refractivity contribution in [1.82, 2.24) is 10.3 Å². The number of thiazole rings is 1. The SMILES string of the molecule is Cc1nc(-c2cccs2)sc1C(=O)NC12CC3CC(CC(C3)C1)C2. The van der Waals surface area contributed by atoms with Gasteiger partial charge in [-0.05, 0) is 74.6 Å². The minimum absolute atomic E-state index is 0.0748. The fourth-order valence-corrected chi connectivity index (χ4v) is 7.43. The first-order valence-electron chi connectivity index (χ1n) is 8.94. The van der Waals surface area contributed by atoms with Crippen LogP contribution in [0.3, 0.4) is 0 Å². The van der Waals surface area contributed by atoms with Gasteiger partial charge in [0.05, 0.1) is 10.6 Å². The molecule has 0 atom stereocenters. The van der Waals surface area contributed by atoms with Crippen LogP contribution in [0.4, 0.5) is 0 Å². The van der Waals surface area contributed by atoms with Crippen LogP contribution in [0.2, 0.25) is 0 Å². The molecule has 5 heteroatoms. The molecule has 4 aliphatic rings. The Hall–Kier alpha value is -1.20. The monoisotopic (exact) mass is 358 g/mol. The Kier molecular flexibility index (Phi) is 3.39. The summed E-state index contributed by atoms with van der Waals surface area (Å²) in [6.45, 7) is 1.96. The third-order valence-electron chi connectivity index (χ3n) is 6.15. The van der Waals surface area contributed by atoms with Gasteiger partial charge >= 0.3 is 0 Å². The smallest absolute Gasteiger partial charge is 0.263 e. The van der Waals surface area contributed by atoms with Gasteiger partial charge < -0.3 is 5.32 Å². The van der Waals surface area contributed by atoms with E-state index in [9.17, 15) is 4.79 Å². The van der Waals surface area contributed by atoms with Crippen molar-refractivity contribution in [3.63, 3.8) is 0 Å². The normalized spacial score (nSPS) is 33.8. The molecule has 0 aromatic carbocycles. The predicted molar refractivity (Wildman–Crippen MR) is 98.5 cm³/mol. The molecule has 2 heterocycles. The number of thiophene rings is 1. The first kappa shape index (κ1) is 15.1. The van der Waals surface area contributed by atoms with E-state index in [0.717, 1.165) is 38.2 Å². The maximum Gasteiger partial charge on any atom is 0.263 e. The van der Waals surface area contributed by atoms with E-state index in [1.807, 2.05) is 13.0 Å². The summed E-state index contributed by atoms with van der Waals surface area (Å²) in [6.07, 6.45) is 7.78. The number of nitrogens with one attached hydrogen (secondary N) is 1. The highest BCUT2D eigenvalue weighted by Crippen LogP contribution is 2.55. The average molecular weight is 359 g/mol. The van der Waals surface area contributed by atoms with Gasteiger partial charge in [0.2, 0.25) is 0 Å². The maximum atomic E-state index is 13.0. The van der Waals surface area contributed by atoms with E-state index < -0.39 is 0 Å². The number of carbonyl (C=O) groups is 1. The molecule has 24 heavy (non-hydrogen) atoms. The lowest BCUT2D eigenvalue weighted by molar-refractivity contribution is -0.0166. The fourth-order valence-electron chi connectivity index (χ4n) is 5.67. The van der Waals surface area contributed by atoms with Crippen LogP contribution in [0.15, 0.2) is 17.5 Å². The molecule has 0 spiro atoms. The number of nitrogens with zero attached hydrogens (tertiary/aromatic N) is 1. The van der Waals surface area contributed by atoms with Crippen LogP contribution >= 0.6 is 22.7 Å². The lowest BCUT2D eigenvalue weighted by Gasteiger charge is -2.56. The summed E-state index contributed by atoms with van der Waals surface area (Å²) in [7, 11) is 0. The molecule has 1 amide bonds. The third kappa shape index (κ3) is 2.44. The zero-order chi connectivity index (χ0) is 16.3. The highest BCUT2D eigenvalue weighted by Gasteiger charge is 2.51. The largest absolute Gasteiger partial charge is 0.346 e. The molecule has 6 rings (SSSR count). The van der Waals surface area contributed by atoms with Gasteiger partial charge in [-0.1, -0.05) is 6.07 Å². The van der Waals surface area contributed by atoms with Crippen LogP contribution in [0.25, 0.3) is 9.88 Å². The number of aromatic nitrogens is 1. The van der Waals surface area contributed by atoms with E-state index in [2.05, 4.69) is 21.7 Å². The van der Waals surface area contributed by atoms with Crippen LogP contribution in [-0.4, -0.2) is 16.4 Å². The van der Waals surface area contributed by atoms with E-state index in [1.165, 1.54) is 38.5 Å². The summed E-state index contributed by atoms with van der Waals surface area (Å²) in [5, 5.41) is 6.50. The molecule has 4 aliphatic carbocycles. The topological polar surface area (TPSA) is 42.0 Å². The Bertz CT molecular complexity index is 742. The van der Waals surface area contributed by atoms with Crippen LogP contribution in [0, 0.1) is 24.7 Å². The summed E-state index contributed by atoms with van der Waals surface area (Å²) in [4.78, 5) is 19.6. The minimum atomic E-state index is 0.0748. The number of rotatable bonds is 3. The van der Waals surface area contributed by atoms with E-state index >= 15 is 0 Å². The van der Waals surface area contributed by atoms with Crippen molar-refractivity contribution in [3.8, 4) is 9.88 Å². The summed E-state index contributed by atoms with van der Waals surface area (Å²) in [6, 6.07) is 4.11. The third-order valence-corrected chi connectivity index (χ3v) is 8.35. The van der Waals surface area contributed by atoms with Gasteiger partial charge in [-0.25, -0.2) is 4.98 Å². The molecule has 4 saturated carbocycles. The minimum Gasteiger partial charge on any atom is -0.346 e. The molecule has 0 radical (unpaired) electrons. The summed E-state index contributed by atoms with van der Waals surface area (Å²) >= 11 is 3.22. The summed E-state index contributed by atoms with van der Waals surface area (Å²) < 4.78 is 0. The van der Waals surface area contributed by atoms with Gasteiger partial charge in [0.25, 0.3) is 5.91 Å². The zero-order valence-electron chi connectivity index (χ0n) is 13.9. The quantitative estimate of drug-likeness (QED) is 0.850. The molecule has 2 aromatic rings. The highest BCUT2D eigenvalue weighted by atomic mass is 32.1. The van der Waals surface area contributed by atoms with Crippen LogP contribution in [-0.2, 0) is 0 Å². The fraction of sp³-hybridized carbons (Fsp3) is 0.579. The molecular formula is C19H22N2OS2. The van der Waals surface area contributed by atoms with E-state index in [4.69, 9.17) is 0 Å². The molecule has 3 nitrogen and oxygen atoms in total. The first-order valence-corrected chi connectivity index (χ1v) is 10.6. The Morgan fingerprint density at radius 3 is 2.46 bits per heavy atom. The van der Waals surface area contributed by atoms with Gasteiger partial charge in [0.1, 0.15) is 9.88 Å². The maximum absolute atomic E-state index is 13.0. The molecule has 0 aliphatic heterocycles. The number of hydrogen-bond acceptors (Lipinski definition) is 4. The Labute approximate surface area is 150 Å². The molecule has 1 N–H and O–H groups in total. The molecule has 2 aromatic heterocycles. The van der Waals surface area contributed by atoms with Crippen LogP contribution in [0.1, 0.15) is 53.9 Å². The zero-order valence-corrected chi connectivity index (χ0v) is 15.5. The second kappa shape index (κ2) is 5.40. The van der Waals surface area contributed by atoms with Crippen LogP contribution in [0.5, 0.6) is 0 Å². The van der Waals surface area contributed by atoms with Crippen molar-refractivity contribution < 1.29 is 4.79 Å². The first-order chi connectivity index (χ1) is 11.6. The predicted octanol–water partition coefficient (Wildman–Crippen LogP) is 4.88. The molecule has 0 saturated heterocycles. The average Bonchev–Trinajstić information content (AvgIpc) is 3.14. The van der Waals surface area contributed by atoms with Crippen molar-refractivity contribution in [1.29, 1.82) is 0 Å². The van der Waals surface area contributed by atoms with Gasteiger partial charge in [0, 0.05) is 5.54 Å². The second-order valence-electron chi connectivity index (χ2n) is 8.06. The molecule has 126 valence electrons. The summed E-state index contributed by atoms with van der Waals surface area (Å²) in [5.74, 6) is 2.65. The van der Waals surface area contributed by atoms with Crippen molar-refractivity contribution in [2.45, 2.75) is 51.0 Å². The van der Waals surface area contributed by atoms with Gasteiger partial charge in [0.15, 0.2) is 0 Å². The van der Waals surface area contributed by atoms with Gasteiger partial charge in [-0.2, -0.15) is 0 Å². The van der Waals surface area contributed by atoms with E-state index in [-0.39, 0.29) is 11.4 Å². The Morgan fingerprint density at radius 2 is 1.88 bits per heavy atom. The Balaban J connectivity index is 1.39. The van der Waals surface area contributed by atoms with Crippen LogP contribution < -0.4 is 5.32 Å². The lowest BCUT2D eigenvalue weighted by atomic mass is 9.53. The standard InChI is InChI=1S/C19H22N2OS2/c1-11-16(24-18(20-11)15-3-2-4-23-15)17(22)21-19-8-12-5-13(9-19)7-14(6-12)10-19/h2-4,12-14H,5-10H2,1H3,(H,21,22). The molecule has 4 bridgehead atoms. The molecule has 0 unspecified atom stereocenters. The van der Waals surface area contributed by atoms with Gasteiger partial charge in [-0.15, -0.1) is 22.7 Å². The summed E-state index contributed by atoms with van der Waals surface area (Å²) in [5.41, 5.74) is 0.941. The van der Waals surface area contributed by atoms with Gasteiger partial charge in [-0.3, -0.25) is 4.79 Å². The van der Waals surface area contributed by atoms with Crippen molar-refractivity contribution in [2.24, 2.45) is 17.8 Å². The second-order valence-corrected chi connectivity index (χ2v) is 10.0. The molecule has 4 fully saturated rings. The Morgan fingerprint density at radius 1 is 1.21 bits per heavy atom. The van der Waals surface area contributed by atoms with Crippen molar-refractivity contribution in [3.05, 3.63) is 28.1 Å². The molecular weight excluding hydrogens is 336 g/mol. The number of aryl methyl sites for hydroxylation is 1. The van der Waals surface area contributed by atoms with E-state index in [0.29, 0.717) is 0 Å². The van der Waals surface area contributed by atoms with Crippen molar-refractivity contribution >= 4 is 28.6 Å². The number of hydrogen-bond donors (Lipinski definition) is 1. The van der Waals surface area contributed by atoms with E-state index in [1.54, 1.807) is 22.7 Å². The number of amides is 1.